The molecule has 0 fully saturated rings. The molecule has 0 amide bonds. The summed E-state index contributed by atoms with van der Waals surface area (Å²) in [5.41, 5.74) is -0.276. The fourth-order valence-electron chi connectivity index (χ4n) is 2.55. The Morgan fingerprint density at radius 3 is 1.91 bits per heavy atom. The molecule has 0 heterocycles. The van der Waals surface area contributed by atoms with E-state index in [0.717, 1.165) is 24.4 Å². The van der Waals surface area contributed by atoms with Crippen LogP contribution in [0.2, 0.25) is 0 Å². The topological polar surface area (TPSA) is 27.7 Å². The van der Waals surface area contributed by atoms with Crippen molar-refractivity contribution >= 4 is 14.0 Å². The molecule has 1 aromatic carbocycles. The van der Waals surface area contributed by atoms with E-state index in [1.807, 2.05) is 45.9 Å². The quantitative estimate of drug-likeness (QED) is 0.580. The summed E-state index contributed by atoms with van der Waals surface area (Å²) in [7, 11) is -2.98. The second-order valence-electron chi connectivity index (χ2n) is 7.22. The van der Waals surface area contributed by atoms with Crippen LogP contribution in [0, 0.1) is 0 Å². The first-order chi connectivity index (χ1) is 10.7. The zero-order valence-electron chi connectivity index (χ0n) is 15.9. The van der Waals surface area contributed by atoms with Gasteiger partial charge in [0.05, 0.1) is 5.60 Å². The second kappa shape index (κ2) is 8.97. The molecule has 1 rings (SSSR count). The SMILES string of the molecule is CCCCC(C)(C)O[Si](OC(C)C)(OC(C)C)c1ccccc1. The third-order valence-electron chi connectivity index (χ3n) is 3.45. The molecule has 0 atom stereocenters. The Bertz CT molecular complexity index is 433. The number of unbranched alkanes of at least 4 members (excludes halogenated alkanes) is 1. The van der Waals surface area contributed by atoms with Crippen LogP contribution in [-0.4, -0.2) is 26.6 Å². The Morgan fingerprint density at radius 1 is 0.957 bits per heavy atom. The molecule has 0 N–H and O–H groups in total. The van der Waals surface area contributed by atoms with Crippen molar-refractivity contribution in [2.75, 3.05) is 0 Å². The van der Waals surface area contributed by atoms with Gasteiger partial charge in [-0.1, -0.05) is 50.1 Å². The molecule has 0 aliphatic carbocycles. The van der Waals surface area contributed by atoms with Crippen molar-refractivity contribution in [1.82, 2.24) is 0 Å². The molecule has 0 unspecified atom stereocenters. The van der Waals surface area contributed by atoms with Crippen molar-refractivity contribution in [3.05, 3.63) is 30.3 Å². The minimum atomic E-state index is -2.98. The molecule has 0 aromatic heterocycles. The average molecular weight is 339 g/mol. The normalized spacial score (nSPS) is 13.1. The lowest BCUT2D eigenvalue weighted by atomic mass is 10.0. The number of benzene rings is 1. The highest BCUT2D eigenvalue weighted by molar-refractivity contribution is 6.75. The molecule has 0 radical (unpaired) electrons. The minimum absolute atomic E-state index is 0.0441. The van der Waals surface area contributed by atoms with E-state index in [-0.39, 0.29) is 17.8 Å². The molecular formula is C19H34O3Si. The Balaban J connectivity index is 3.21. The van der Waals surface area contributed by atoms with Crippen molar-refractivity contribution in [3.63, 3.8) is 0 Å². The maximum Gasteiger partial charge on any atom is 0.538 e. The molecule has 23 heavy (non-hydrogen) atoms. The molecule has 132 valence electrons. The maximum absolute atomic E-state index is 6.63. The monoisotopic (exact) mass is 338 g/mol. The van der Waals surface area contributed by atoms with Gasteiger partial charge in [-0.2, -0.15) is 0 Å². The van der Waals surface area contributed by atoms with Gasteiger partial charge in [0.1, 0.15) is 0 Å². The van der Waals surface area contributed by atoms with Gasteiger partial charge in [-0.3, -0.25) is 0 Å². The summed E-state index contributed by atoms with van der Waals surface area (Å²) in [6.45, 7) is 14.6. The zero-order chi connectivity index (χ0) is 17.5. The van der Waals surface area contributed by atoms with Gasteiger partial charge in [0.2, 0.25) is 0 Å². The van der Waals surface area contributed by atoms with Crippen LogP contribution >= 0.6 is 0 Å². The van der Waals surface area contributed by atoms with E-state index in [1.54, 1.807) is 0 Å². The van der Waals surface area contributed by atoms with Crippen LogP contribution < -0.4 is 5.19 Å². The minimum Gasteiger partial charge on any atom is -0.367 e. The largest absolute Gasteiger partial charge is 0.538 e. The van der Waals surface area contributed by atoms with E-state index < -0.39 is 8.80 Å². The van der Waals surface area contributed by atoms with Crippen LogP contribution in [0.3, 0.4) is 0 Å². The highest BCUT2D eigenvalue weighted by Crippen LogP contribution is 2.26. The summed E-state index contributed by atoms with van der Waals surface area (Å²) >= 11 is 0. The molecule has 0 aliphatic heterocycles. The van der Waals surface area contributed by atoms with Crippen LogP contribution in [-0.2, 0) is 13.3 Å². The highest BCUT2D eigenvalue weighted by Gasteiger charge is 2.49. The van der Waals surface area contributed by atoms with E-state index in [9.17, 15) is 0 Å². The van der Waals surface area contributed by atoms with E-state index in [0.29, 0.717) is 0 Å². The van der Waals surface area contributed by atoms with Crippen LogP contribution in [0.1, 0.15) is 67.7 Å². The van der Waals surface area contributed by atoms with Crippen molar-refractivity contribution < 1.29 is 13.3 Å². The van der Waals surface area contributed by atoms with Gasteiger partial charge in [-0.25, -0.2) is 0 Å². The van der Waals surface area contributed by atoms with E-state index in [1.165, 1.54) is 0 Å². The highest BCUT2D eigenvalue weighted by atomic mass is 28.4. The molecule has 0 spiro atoms. The van der Waals surface area contributed by atoms with Gasteiger partial charge in [0.25, 0.3) is 0 Å². The fraction of sp³-hybridized carbons (Fsp3) is 0.684. The van der Waals surface area contributed by atoms with Gasteiger partial charge in [0.15, 0.2) is 0 Å². The van der Waals surface area contributed by atoms with Gasteiger partial charge in [0, 0.05) is 17.4 Å². The van der Waals surface area contributed by atoms with Crippen molar-refractivity contribution in [1.29, 1.82) is 0 Å². The summed E-state index contributed by atoms with van der Waals surface area (Å²) in [5, 5.41) is 1.03. The molecule has 0 saturated carbocycles. The average Bonchev–Trinajstić information content (AvgIpc) is 2.44. The molecule has 0 bridgehead atoms. The number of hydrogen-bond acceptors (Lipinski definition) is 3. The van der Waals surface area contributed by atoms with Gasteiger partial charge in [-0.15, -0.1) is 0 Å². The predicted octanol–water partition coefficient (Wildman–Crippen LogP) is 4.67. The van der Waals surface area contributed by atoms with Crippen LogP contribution in [0.25, 0.3) is 0 Å². The Hall–Kier alpha value is -0.683. The van der Waals surface area contributed by atoms with Crippen LogP contribution in [0.5, 0.6) is 0 Å². The first-order valence-electron chi connectivity index (χ1n) is 8.82. The van der Waals surface area contributed by atoms with Crippen molar-refractivity contribution in [3.8, 4) is 0 Å². The van der Waals surface area contributed by atoms with Crippen LogP contribution in [0.15, 0.2) is 30.3 Å². The third-order valence-corrected chi connectivity index (χ3v) is 6.88. The summed E-state index contributed by atoms with van der Waals surface area (Å²) in [4.78, 5) is 0. The summed E-state index contributed by atoms with van der Waals surface area (Å²) in [5.74, 6) is 0. The Morgan fingerprint density at radius 2 is 1.48 bits per heavy atom. The first kappa shape index (κ1) is 20.4. The standard InChI is InChI=1S/C19H34O3Si/c1-8-9-15-19(6,7)22-23(20-16(2)3,21-17(4)5)18-13-11-10-12-14-18/h10-14,16-17H,8-9,15H2,1-7H3. The lowest BCUT2D eigenvalue weighted by molar-refractivity contribution is -0.0308. The lowest BCUT2D eigenvalue weighted by Crippen LogP contribution is -2.62. The van der Waals surface area contributed by atoms with Gasteiger partial charge >= 0.3 is 8.80 Å². The lowest BCUT2D eigenvalue weighted by Gasteiger charge is -2.39. The van der Waals surface area contributed by atoms with Gasteiger partial charge in [-0.05, 0) is 48.0 Å². The number of hydrogen-bond donors (Lipinski definition) is 0. The number of rotatable bonds is 10. The van der Waals surface area contributed by atoms with E-state index in [4.69, 9.17) is 13.3 Å². The third kappa shape index (κ3) is 6.75. The Labute approximate surface area is 143 Å². The van der Waals surface area contributed by atoms with Crippen molar-refractivity contribution in [2.45, 2.75) is 85.5 Å². The molecule has 4 heteroatoms. The summed E-state index contributed by atoms with van der Waals surface area (Å²) in [6.07, 6.45) is 3.37. The van der Waals surface area contributed by atoms with Crippen LogP contribution in [0.4, 0.5) is 0 Å². The zero-order valence-corrected chi connectivity index (χ0v) is 16.9. The molecular weight excluding hydrogens is 304 g/mol. The first-order valence-corrected chi connectivity index (χ1v) is 10.5. The Kier molecular flexibility index (Phi) is 7.94. The smallest absolute Gasteiger partial charge is 0.367 e. The molecule has 0 aliphatic rings. The van der Waals surface area contributed by atoms with Crippen molar-refractivity contribution in [2.24, 2.45) is 0 Å². The van der Waals surface area contributed by atoms with E-state index >= 15 is 0 Å². The molecule has 0 saturated heterocycles. The molecule has 3 nitrogen and oxygen atoms in total. The second-order valence-corrected chi connectivity index (χ2v) is 9.59. The predicted molar refractivity (Wildman–Crippen MR) is 99.0 cm³/mol. The fourth-order valence-corrected chi connectivity index (χ4v) is 5.76. The summed E-state index contributed by atoms with van der Waals surface area (Å²) in [6, 6.07) is 10.2. The van der Waals surface area contributed by atoms with E-state index in [2.05, 4.69) is 32.9 Å². The maximum atomic E-state index is 6.63. The van der Waals surface area contributed by atoms with Gasteiger partial charge < -0.3 is 13.3 Å². The summed E-state index contributed by atoms with van der Waals surface area (Å²) < 4.78 is 19.3. The molecule has 1 aromatic rings.